The van der Waals surface area contributed by atoms with Crippen LogP contribution in [0.5, 0.6) is 0 Å². The van der Waals surface area contributed by atoms with Crippen molar-refractivity contribution in [3.63, 3.8) is 0 Å². The lowest BCUT2D eigenvalue weighted by Gasteiger charge is -2.24. The molecule has 148 valence electrons. The maximum atomic E-state index is 12.8. The smallest absolute Gasteiger partial charge is 0.223 e. The van der Waals surface area contributed by atoms with Gasteiger partial charge in [-0.2, -0.15) is 0 Å². The lowest BCUT2D eigenvalue weighted by molar-refractivity contribution is -0.132. The van der Waals surface area contributed by atoms with Crippen molar-refractivity contribution in [3.05, 3.63) is 71.3 Å². The number of pyridine rings is 1. The first kappa shape index (κ1) is 19.3. The van der Waals surface area contributed by atoms with Crippen LogP contribution in [0.2, 0.25) is 5.02 Å². The van der Waals surface area contributed by atoms with Crippen LogP contribution in [-0.2, 0) is 11.2 Å². The summed E-state index contributed by atoms with van der Waals surface area (Å²) in [6.45, 7) is 0.772. The molecular formula is C22H22ClN5O. The SMILES string of the molecule is Nc1ncc(-c2ccc([C@H]3CCCN3C(=O)CCc3cccc(Cl)c3)nc2)cn1. The van der Waals surface area contributed by atoms with E-state index >= 15 is 0 Å². The minimum absolute atomic E-state index is 0.0265. The Morgan fingerprint density at radius 3 is 2.62 bits per heavy atom. The van der Waals surface area contributed by atoms with Crippen molar-refractivity contribution in [1.82, 2.24) is 19.9 Å². The number of amides is 1. The molecule has 1 aliphatic rings. The van der Waals surface area contributed by atoms with Crippen LogP contribution in [0.25, 0.3) is 11.1 Å². The Balaban J connectivity index is 1.43. The Hall–Kier alpha value is -2.99. The van der Waals surface area contributed by atoms with Gasteiger partial charge >= 0.3 is 0 Å². The van der Waals surface area contributed by atoms with Crippen molar-refractivity contribution < 1.29 is 4.79 Å². The summed E-state index contributed by atoms with van der Waals surface area (Å²) in [6.07, 6.45) is 8.24. The molecule has 1 fully saturated rings. The fourth-order valence-electron chi connectivity index (χ4n) is 3.72. The van der Waals surface area contributed by atoms with Crippen molar-refractivity contribution in [3.8, 4) is 11.1 Å². The maximum Gasteiger partial charge on any atom is 0.223 e. The minimum atomic E-state index is 0.0265. The van der Waals surface area contributed by atoms with Gasteiger partial charge < -0.3 is 10.6 Å². The third-order valence-corrected chi connectivity index (χ3v) is 5.46. The summed E-state index contributed by atoms with van der Waals surface area (Å²) in [6, 6.07) is 11.7. The molecule has 0 saturated carbocycles. The number of carbonyl (C=O) groups is 1. The maximum absolute atomic E-state index is 12.8. The van der Waals surface area contributed by atoms with E-state index in [1.807, 2.05) is 41.3 Å². The van der Waals surface area contributed by atoms with Gasteiger partial charge in [0.2, 0.25) is 11.9 Å². The number of nitrogen functional groups attached to an aromatic ring is 1. The van der Waals surface area contributed by atoms with Crippen LogP contribution in [0.15, 0.2) is 55.0 Å². The molecule has 0 unspecified atom stereocenters. The van der Waals surface area contributed by atoms with Crippen LogP contribution >= 0.6 is 11.6 Å². The number of likely N-dealkylation sites (tertiary alicyclic amines) is 1. The summed E-state index contributed by atoms with van der Waals surface area (Å²) in [7, 11) is 0. The van der Waals surface area contributed by atoms with Gasteiger partial charge in [-0.25, -0.2) is 9.97 Å². The molecular weight excluding hydrogens is 386 g/mol. The average molecular weight is 408 g/mol. The molecule has 2 aromatic heterocycles. The highest BCUT2D eigenvalue weighted by Gasteiger charge is 2.30. The van der Waals surface area contributed by atoms with Gasteiger partial charge in [0.15, 0.2) is 0 Å². The number of aryl methyl sites for hydroxylation is 1. The number of anilines is 1. The first-order valence-electron chi connectivity index (χ1n) is 9.68. The molecule has 6 nitrogen and oxygen atoms in total. The number of aromatic nitrogens is 3. The molecule has 3 aromatic rings. The first-order chi connectivity index (χ1) is 14.1. The third kappa shape index (κ3) is 4.54. The van der Waals surface area contributed by atoms with E-state index in [0.717, 1.165) is 41.8 Å². The standard InChI is InChI=1S/C22H22ClN5O/c23-18-4-1-3-15(11-18)6-9-21(29)28-10-2-5-20(28)19-8-7-16(12-25-19)17-13-26-22(24)27-14-17/h1,3-4,7-8,11-14,20H,2,5-6,9-10H2,(H2,24,26,27)/t20-/m1/s1. The number of nitrogens with two attached hydrogens (primary N) is 1. The normalized spacial score (nSPS) is 16.2. The van der Waals surface area contributed by atoms with Gasteiger partial charge in [-0.1, -0.05) is 29.8 Å². The molecule has 2 N–H and O–H groups in total. The second-order valence-electron chi connectivity index (χ2n) is 7.18. The van der Waals surface area contributed by atoms with E-state index in [1.54, 1.807) is 18.6 Å². The van der Waals surface area contributed by atoms with Gasteiger partial charge in [-0.3, -0.25) is 9.78 Å². The number of carbonyl (C=O) groups excluding carboxylic acids is 1. The molecule has 0 radical (unpaired) electrons. The molecule has 1 aliphatic heterocycles. The highest BCUT2D eigenvalue weighted by Crippen LogP contribution is 2.32. The van der Waals surface area contributed by atoms with E-state index < -0.39 is 0 Å². The number of nitrogens with zero attached hydrogens (tertiary/aromatic N) is 4. The van der Waals surface area contributed by atoms with Crippen molar-refractivity contribution in [2.45, 2.75) is 31.7 Å². The Labute approximate surface area is 174 Å². The second-order valence-corrected chi connectivity index (χ2v) is 7.61. The molecule has 1 aromatic carbocycles. The highest BCUT2D eigenvalue weighted by molar-refractivity contribution is 6.30. The Bertz CT molecular complexity index is 991. The predicted molar refractivity (Wildman–Crippen MR) is 113 cm³/mol. The summed E-state index contributed by atoms with van der Waals surface area (Å²) >= 11 is 6.04. The number of rotatable bonds is 5. The Morgan fingerprint density at radius 2 is 1.90 bits per heavy atom. The van der Waals surface area contributed by atoms with Crippen molar-refractivity contribution in [2.24, 2.45) is 0 Å². The quantitative estimate of drug-likeness (QED) is 0.689. The van der Waals surface area contributed by atoms with Gasteiger partial charge in [-0.05, 0) is 43.0 Å². The fourth-order valence-corrected chi connectivity index (χ4v) is 3.93. The van der Waals surface area contributed by atoms with E-state index in [4.69, 9.17) is 17.3 Å². The van der Waals surface area contributed by atoms with Gasteiger partial charge in [0.25, 0.3) is 0 Å². The topological polar surface area (TPSA) is 85.0 Å². The van der Waals surface area contributed by atoms with E-state index in [1.165, 1.54) is 0 Å². The van der Waals surface area contributed by atoms with Crippen LogP contribution in [-0.4, -0.2) is 32.3 Å². The van der Waals surface area contributed by atoms with Crippen LogP contribution in [0, 0.1) is 0 Å². The Morgan fingerprint density at radius 1 is 1.10 bits per heavy atom. The molecule has 7 heteroatoms. The summed E-state index contributed by atoms with van der Waals surface area (Å²) < 4.78 is 0. The summed E-state index contributed by atoms with van der Waals surface area (Å²) in [5.41, 5.74) is 9.32. The molecule has 4 rings (SSSR count). The predicted octanol–water partition coefficient (Wildman–Crippen LogP) is 4.07. The lowest BCUT2D eigenvalue weighted by Crippen LogP contribution is -2.31. The fraction of sp³-hybridized carbons (Fsp3) is 0.273. The zero-order chi connectivity index (χ0) is 20.2. The van der Waals surface area contributed by atoms with E-state index in [0.29, 0.717) is 17.9 Å². The zero-order valence-corrected chi connectivity index (χ0v) is 16.7. The summed E-state index contributed by atoms with van der Waals surface area (Å²) in [4.78, 5) is 27.5. The number of benzene rings is 1. The van der Waals surface area contributed by atoms with E-state index in [9.17, 15) is 4.79 Å². The number of halogens is 1. The third-order valence-electron chi connectivity index (χ3n) is 5.22. The number of hydrogen-bond acceptors (Lipinski definition) is 5. The second kappa shape index (κ2) is 8.57. The summed E-state index contributed by atoms with van der Waals surface area (Å²) in [5.74, 6) is 0.404. The number of hydrogen-bond donors (Lipinski definition) is 1. The molecule has 0 aliphatic carbocycles. The highest BCUT2D eigenvalue weighted by atomic mass is 35.5. The molecule has 0 spiro atoms. The largest absolute Gasteiger partial charge is 0.368 e. The van der Waals surface area contributed by atoms with E-state index in [2.05, 4.69) is 15.0 Å². The van der Waals surface area contributed by atoms with Gasteiger partial charge in [-0.15, -0.1) is 0 Å². The van der Waals surface area contributed by atoms with Gasteiger partial charge in [0, 0.05) is 47.7 Å². The van der Waals surface area contributed by atoms with Crippen molar-refractivity contribution in [1.29, 1.82) is 0 Å². The van der Waals surface area contributed by atoms with Crippen LogP contribution in [0.4, 0.5) is 5.95 Å². The monoisotopic (exact) mass is 407 g/mol. The molecule has 1 amide bonds. The summed E-state index contributed by atoms with van der Waals surface area (Å²) in [5, 5.41) is 0.699. The van der Waals surface area contributed by atoms with Gasteiger partial charge in [0.05, 0.1) is 11.7 Å². The van der Waals surface area contributed by atoms with Crippen LogP contribution in [0.3, 0.4) is 0 Å². The first-order valence-corrected chi connectivity index (χ1v) is 10.1. The molecule has 1 saturated heterocycles. The van der Waals surface area contributed by atoms with Crippen molar-refractivity contribution in [2.75, 3.05) is 12.3 Å². The Kier molecular flexibility index (Phi) is 5.71. The van der Waals surface area contributed by atoms with Crippen molar-refractivity contribution >= 4 is 23.5 Å². The zero-order valence-electron chi connectivity index (χ0n) is 16.0. The molecule has 0 bridgehead atoms. The van der Waals surface area contributed by atoms with Crippen LogP contribution in [0.1, 0.15) is 36.6 Å². The average Bonchev–Trinajstić information content (AvgIpc) is 3.23. The molecule has 3 heterocycles. The van der Waals surface area contributed by atoms with Crippen LogP contribution < -0.4 is 5.73 Å². The minimum Gasteiger partial charge on any atom is -0.368 e. The lowest BCUT2D eigenvalue weighted by atomic mass is 10.1. The molecule has 1 atom stereocenters. The van der Waals surface area contributed by atoms with E-state index in [-0.39, 0.29) is 17.9 Å². The van der Waals surface area contributed by atoms with Gasteiger partial charge in [0.1, 0.15) is 0 Å². The molecule has 29 heavy (non-hydrogen) atoms.